The molecule has 1 aliphatic heterocycles. The van der Waals surface area contributed by atoms with Crippen LogP contribution in [0.1, 0.15) is 12.5 Å². The third kappa shape index (κ3) is 3.06. The molecule has 0 aliphatic carbocycles. The molecule has 0 N–H and O–H groups in total. The van der Waals surface area contributed by atoms with Gasteiger partial charge in [0.2, 0.25) is 0 Å². The summed E-state index contributed by atoms with van der Waals surface area (Å²) in [5.74, 6) is -3.79. The topological polar surface area (TPSA) is 60.4 Å². The van der Waals surface area contributed by atoms with E-state index in [-0.39, 0.29) is 11.6 Å². The van der Waals surface area contributed by atoms with Gasteiger partial charge in [-0.3, -0.25) is 14.4 Å². The van der Waals surface area contributed by atoms with Gasteiger partial charge in [-0.1, -0.05) is 18.2 Å². The Morgan fingerprint density at radius 2 is 1.90 bits per heavy atom. The molecule has 0 spiro atoms. The lowest BCUT2D eigenvalue weighted by Gasteiger charge is -2.15. The number of ketones is 2. The van der Waals surface area contributed by atoms with E-state index in [0.29, 0.717) is 5.56 Å². The molecule has 1 aromatic carbocycles. The number of cyclic esters (lactones) is 1. The summed E-state index contributed by atoms with van der Waals surface area (Å²) in [6, 6.07) is 5.45. The van der Waals surface area contributed by atoms with Crippen LogP contribution in [-0.4, -0.2) is 17.5 Å². The first-order chi connectivity index (χ1) is 9.47. The molecule has 0 saturated heterocycles. The number of hydrogen-bond donors (Lipinski definition) is 0. The number of carbonyl (C=O) groups is 3. The standard InChI is InChI=1S/C15H11FO4/c1-9-8-13(18)14(15(19)20-9)12(17)7-4-10-2-5-11(16)6-3-10/h2-8,14H,1H3/b7-4+/t14-/m0/s1. The fourth-order valence-electron chi connectivity index (χ4n) is 1.75. The summed E-state index contributed by atoms with van der Waals surface area (Å²) in [5.41, 5.74) is 0.586. The molecule has 4 nitrogen and oxygen atoms in total. The van der Waals surface area contributed by atoms with Gasteiger partial charge in [0.1, 0.15) is 11.6 Å². The molecule has 0 bridgehead atoms. The van der Waals surface area contributed by atoms with Crippen molar-refractivity contribution in [3.8, 4) is 0 Å². The molecule has 1 heterocycles. The van der Waals surface area contributed by atoms with Crippen molar-refractivity contribution < 1.29 is 23.5 Å². The number of halogens is 1. The minimum atomic E-state index is -1.45. The van der Waals surface area contributed by atoms with E-state index in [1.165, 1.54) is 37.3 Å². The smallest absolute Gasteiger partial charge is 0.329 e. The number of hydrogen-bond acceptors (Lipinski definition) is 4. The lowest BCUT2D eigenvalue weighted by atomic mass is 9.96. The molecule has 1 aromatic rings. The molecule has 1 aliphatic rings. The highest BCUT2D eigenvalue weighted by molar-refractivity contribution is 6.25. The van der Waals surface area contributed by atoms with Crippen LogP contribution < -0.4 is 0 Å². The molecule has 5 heteroatoms. The fraction of sp³-hybridized carbons (Fsp3) is 0.133. The maximum Gasteiger partial charge on any atom is 0.329 e. The second kappa shape index (κ2) is 5.61. The van der Waals surface area contributed by atoms with Gasteiger partial charge in [-0.15, -0.1) is 0 Å². The van der Waals surface area contributed by atoms with E-state index < -0.39 is 23.5 Å². The molecule has 1 atom stereocenters. The van der Waals surface area contributed by atoms with Gasteiger partial charge >= 0.3 is 5.97 Å². The van der Waals surface area contributed by atoms with Crippen LogP contribution in [0.15, 0.2) is 42.2 Å². The van der Waals surface area contributed by atoms with Gasteiger partial charge in [0.25, 0.3) is 0 Å². The average Bonchev–Trinajstić information content (AvgIpc) is 2.37. The van der Waals surface area contributed by atoms with Crippen molar-refractivity contribution in [2.45, 2.75) is 6.92 Å². The van der Waals surface area contributed by atoms with Crippen LogP contribution in [0.3, 0.4) is 0 Å². The largest absolute Gasteiger partial charge is 0.430 e. The first kappa shape index (κ1) is 13.9. The summed E-state index contributed by atoms with van der Waals surface area (Å²) in [4.78, 5) is 35.0. The number of rotatable bonds is 3. The SMILES string of the molecule is CC1=CC(=O)[C@H](C(=O)/C=C/c2ccc(F)cc2)C(=O)O1. The molecule has 2 rings (SSSR count). The first-order valence-electron chi connectivity index (χ1n) is 5.89. The van der Waals surface area contributed by atoms with Crippen LogP contribution in [0, 0.1) is 11.7 Å². The molecule has 0 amide bonds. The Balaban J connectivity index is 2.14. The number of esters is 1. The van der Waals surface area contributed by atoms with Crippen molar-refractivity contribution in [2.75, 3.05) is 0 Å². The lowest BCUT2D eigenvalue weighted by Crippen LogP contribution is -2.34. The molecule has 0 saturated carbocycles. The molecule has 0 unspecified atom stereocenters. The molecule has 20 heavy (non-hydrogen) atoms. The number of benzene rings is 1. The van der Waals surface area contributed by atoms with Crippen LogP contribution >= 0.6 is 0 Å². The zero-order valence-electron chi connectivity index (χ0n) is 10.6. The van der Waals surface area contributed by atoms with E-state index in [1.807, 2.05) is 0 Å². The highest BCUT2D eigenvalue weighted by atomic mass is 19.1. The van der Waals surface area contributed by atoms with Crippen molar-refractivity contribution in [1.29, 1.82) is 0 Å². The Bertz CT molecular complexity index is 626. The van der Waals surface area contributed by atoms with Gasteiger partial charge in [0.05, 0.1) is 0 Å². The molecular formula is C15H11FO4. The van der Waals surface area contributed by atoms with Gasteiger partial charge in [-0.05, 0) is 30.7 Å². The Labute approximate surface area is 114 Å². The quantitative estimate of drug-likeness (QED) is 0.481. The van der Waals surface area contributed by atoms with Gasteiger partial charge in [-0.2, -0.15) is 0 Å². The van der Waals surface area contributed by atoms with Crippen molar-refractivity contribution in [2.24, 2.45) is 5.92 Å². The minimum Gasteiger partial charge on any atom is -0.430 e. The van der Waals surface area contributed by atoms with E-state index in [4.69, 9.17) is 4.74 Å². The summed E-state index contributed by atoms with van der Waals surface area (Å²) < 4.78 is 17.5. The number of carbonyl (C=O) groups excluding carboxylic acids is 3. The minimum absolute atomic E-state index is 0.173. The summed E-state index contributed by atoms with van der Waals surface area (Å²) >= 11 is 0. The summed E-state index contributed by atoms with van der Waals surface area (Å²) in [6.07, 6.45) is 3.65. The van der Waals surface area contributed by atoms with Crippen LogP contribution in [0.2, 0.25) is 0 Å². The van der Waals surface area contributed by atoms with Gasteiger partial charge < -0.3 is 4.74 Å². The zero-order valence-corrected chi connectivity index (χ0v) is 10.6. The van der Waals surface area contributed by atoms with Crippen LogP contribution in [-0.2, 0) is 19.1 Å². The van der Waals surface area contributed by atoms with Gasteiger partial charge in [0.15, 0.2) is 17.5 Å². The van der Waals surface area contributed by atoms with Crippen molar-refractivity contribution in [3.05, 3.63) is 53.6 Å². The Morgan fingerprint density at radius 3 is 2.50 bits per heavy atom. The zero-order chi connectivity index (χ0) is 14.7. The molecule has 0 fully saturated rings. The monoisotopic (exact) mass is 274 g/mol. The third-order valence-electron chi connectivity index (χ3n) is 2.72. The second-order valence-corrected chi connectivity index (χ2v) is 4.30. The van der Waals surface area contributed by atoms with Crippen molar-refractivity contribution >= 4 is 23.6 Å². The van der Waals surface area contributed by atoms with Crippen molar-refractivity contribution in [3.63, 3.8) is 0 Å². The Kier molecular flexibility index (Phi) is 3.89. The van der Waals surface area contributed by atoms with Crippen LogP contribution in [0.4, 0.5) is 4.39 Å². The Morgan fingerprint density at radius 1 is 1.25 bits per heavy atom. The van der Waals surface area contributed by atoms with Crippen molar-refractivity contribution in [1.82, 2.24) is 0 Å². The molecule has 0 aromatic heterocycles. The first-order valence-corrected chi connectivity index (χ1v) is 5.89. The third-order valence-corrected chi connectivity index (χ3v) is 2.72. The Hall–Kier alpha value is -2.56. The van der Waals surface area contributed by atoms with E-state index in [1.54, 1.807) is 0 Å². The maximum absolute atomic E-state index is 12.7. The average molecular weight is 274 g/mol. The summed E-state index contributed by atoms with van der Waals surface area (Å²) in [6.45, 7) is 1.46. The number of allylic oxidation sites excluding steroid dienone is 3. The highest BCUT2D eigenvalue weighted by Gasteiger charge is 2.36. The lowest BCUT2D eigenvalue weighted by molar-refractivity contribution is -0.151. The van der Waals surface area contributed by atoms with E-state index in [9.17, 15) is 18.8 Å². The molecular weight excluding hydrogens is 263 g/mol. The normalized spacial score (nSPS) is 18.9. The molecule has 102 valence electrons. The van der Waals surface area contributed by atoms with Gasteiger partial charge in [-0.25, -0.2) is 4.39 Å². The van der Waals surface area contributed by atoms with E-state index in [0.717, 1.165) is 12.2 Å². The predicted molar refractivity (Wildman–Crippen MR) is 68.8 cm³/mol. The molecule has 0 radical (unpaired) electrons. The van der Waals surface area contributed by atoms with E-state index in [2.05, 4.69) is 0 Å². The van der Waals surface area contributed by atoms with E-state index >= 15 is 0 Å². The number of ether oxygens (including phenoxy) is 1. The predicted octanol–water partition coefficient (Wildman–Crippen LogP) is 2.05. The second-order valence-electron chi connectivity index (χ2n) is 4.30. The van der Waals surface area contributed by atoms with Crippen LogP contribution in [0.25, 0.3) is 6.08 Å². The summed E-state index contributed by atoms with van der Waals surface area (Å²) in [7, 11) is 0. The maximum atomic E-state index is 12.7. The van der Waals surface area contributed by atoms with Gasteiger partial charge in [0, 0.05) is 6.08 Å². The van der Waals surface area contributed by atoms with Crippen LogP contribution in [0.5, 0.6) is 0 Å². The fourth-order valence-corrected chi connectivity index (χ4v) is 1.75. The highest BCUT2D eigenvalue weighted by Crippen LogP contribution is 2.16. The summed E-state index contributed by atoms with van der Waals surface area (Å²) in [5, 5.41) is 0.